The van der Waals surface area contributed by atoms with Gasteiger partial charge in [0.25, 0.3) is 5.91 Å². The number of carbonyl (C=O) groups excluding carboxylic acids is 1. The van der Waals surface area contributed by atoms with Crippen molar-refractivity contribution in [3.8, 4) is 0 Å². The van der Waals surface area contributed by atoms with E-state index in [-0.39, 0.29) is 11.7 Å². The number of rotatable bonds is 7. The van der Waals surface area contributed by atoms with Crippen molar-refractivity contribution in [3.05, 3.63) is 65.5 Å². The Hall–Kier alpha value is -2.45. The van der Waals surface area contributed by atoms with Crippen LogP contribution in [0.3, 0.4) is 0 Å². The maximum Gasteiger partial charge on any atom is 0.303 e. The first-order valence-corrected chi connectivity index (χ1v) is 9.40. The number of nitrogens with one attached hydrogen (secondary N) is 1. The Labute approximate surface area is 153 Å². The molecule has 0 saturated carbocycles. The van der Waals surface area contributed by atoms with Crippen LogP contribution < -0.4 is 9.62 Å². The number of amides is 1. The zero-order chi connectivity index (χ0) is 19.3. The summed E-state index contributed by atoms with van der Waals surface area (Å²) in [5.74, 6) is -0.545. The van der Waals surface area contributed by atoms with Crippen LogP contribution in [0.1, 0.15) is 15.9 Å². The second-order valence-corrected chi connectivity index (χ2v) is 8.11. The number of hydrogen-bond acceptors (Lipinski definition) is 3. The van der Waals surface area contributed by atoms with E-state index in [2.05, 4.69) is 5.32 Å². The third-order valence-corrected chi connectivity index (χ3v) is 5.74. The van der Waals surface area contributed by atoms with E-state index in [0.717, 1.165) is 14.2 Å². The number of nitrogens with zero attached hydrogens (tertiary/aromatic N) is 2. The maximum atomic E-state index is 12.9. The van der Waals surface area contributed by atoms with Gasteiger partial charge in [0.2, 0.25) is 0 Å². The molecule has 2 aromatic carbocycles. The minimum atomic E-state index is -3.57. The molecular weight excluding hydrogens is 357 g/mol. The summed E-state index contributed by atoms with van der Waals surface area (Å²) in [7, 11) is 0.786. The van der Waals surface area contributed by atoms with Crippen molar-refractivity contribution >= 4 is 21.8 Å². The molecule has 0 saturated heterocycles. The molecule has 8 heteroatoms. The Balaban J connectivity index is 1.95. The van der Waals surface area contributed by atoms with Crippen LogP contribution in [-0.4, -0.2) is 46.3 Å². The SMILES string of the molecule is CN(C)S(=O)(=O)N(C)c1ccc(C(=O)NCCc2ccc(F)cc2)cc1. The quantitative estimate of drug-likeness (QED) is 0.800. The van der Waals surface area contributed by atoms with Crippen molar-refractivity contribution in [1.82, 2.24) is 9.62 Å². The molecule has 0 aliphatic rings. The van der Waals surface area contributed by atoms with Gasteiger partial charge in [0.1, 0.15) is 5.82 Å². The molecule has 2 rings (SSSR count). The van der Waals surface area contributed by atoms with Crippen molar-refractivity contribution < 1.29 is 17.6 Å². The number of anilines is 1. The normalized spacial score (nSPS) is 11.4. The van der Waals surface area contributed by atoms with Crippen LogP contribution in [0.4, 0.5) is 10.1 Å². The minimum Gasteiger partial charge on any atom is -0.352 e. The smallest absolute Gasteiger partial charge is 0.303 e. The predicted octanol–water partition coefficient (Wildman–Crippen LogP) is 2.04. The van der Waals surface area contributed by atoms with Crippen LogP contribution >= 0.6 is 0 Å². The third-order valence-electron chi connectivity index (χ3n) is 3.91. The summed E-state index contributed by atoms with van der Waals surface area (Å²) in [5.41, 5.74) is 1.82. The molecule has 0 aliphatic carbocycles. The van der Waals surface area contributed by atoms with E-state index in [1.54, 1.807) is 36.4 Å². The lowest BCUT2D eigenvalue weighted by Gasteiger charge is -2.23. The van der Waals surface area contributed by atoms with E-state index in [1.165, 1.54) is 33.3 Å². The first-order valence-electron chi connectivity index (χ1n) is 8.01. The number of halogens is 1. The Morgan fingerprint density at radius 3 is 2.12 bits per heavy atom. The Morgan fingerprint density at radius 2 is 1.58 bits per heavy atom. The summed E-state index contributed by atoms with van der Waals surface area (Å²) in [6.07, 6.45) is 0.591. The molecule has 0 radical (unpaired) electrons. The highest BCUT2D eigenvalue weighted by Gasteiger charge is 2.20. The number of benzene rings is 2. The molecular formula is C18H22FN3O3S. The fourth-order valence-electron chi connectivity index (χ4n) is 2.27. The molecule has 1 N–H and O–H groups in total. The number of carbonyl (C=O) groups is 1. The van der Waals surface area contributed by atoms with E-state index < -0.39 is 10.2 Å². The lowest BCUT2D eigenvalue weighted by molar-refractivity contribution is 0.0954. The second kappa shape index (κ2) is 8.29. The van der Waals surface area contributed by atoms with Crippen molar-refractivity contribution in [1.29, 1.82) is 0 Å². The van der Waals surface area contributed by atoms with Gasteiger partial charge in [-0.25, -0.2) is 4.39 Å². The first-order chi connectivity index (χ1) is 12.2. The highest BCUT2D eigenvalue weighted by molar-refractivity contribution is 7.90. The summed E-state index contributed by atoms with van der Waals surface area (Å²) in [6.45, 7) is 0.418. The molecule has 0 unspecified atom stereocenters. The van der Waals surface area contributed by atoms with Crippen molar-refractivity contribution in [2.45, 2.75) is 6.42 Å². The third kappa shape index (κ3) is 4.80. The van der Waals surface area contributed by atoms with Gasteiger partial charge in [0.15, 0.2) is 0 Å². The Bertz CT molecular complexity index is 850. The van der Waals surface area contributed by atoms with Gasteiger partial charge in [-0.3, -0.25) is 9.10 Å². The van der Waals surface area contributed by atoms with Gasteiger partial charge in [-0.15, -0.1) is 0 Å². The molecule has 6 nitrogen and oxygen atoms in total. The molecule has 2 aromatic rings. The maximum absolute atomic E-state index is 12.9. The van der Waals surface area contributed by atoms with Gasteiger partial charge in [-0.1, -0.05) is 12.1 Å². The van der Waals surface area contributed by atoms with Crippen LogP contribution in [0.2, 0.25) is 0 Å². The van der Waals surface area contributed by atoms with Gasteiger partial charge in [-0.05, 0) is 48.4 Å². The Kier molecular flexibility index (Phi) is 6.33. The van der Waals surface area contributed by atoms with Crippen LogP contribution in [0, 0.1) is 5.82 Å². The molecule has 0 spiro atoms. The summed E-state index contributed by atoms with van der Waals surface area (Å²) < 4.78 is 39.3. The van der Waals surface area contributed by atoms with Crippen LogP contribution in [0.15, 0.2) is 48.5 Å². The molecule has 0 fully saturated rings. The van der Waals surface area contributed by atoms with E-state index in [9.17, 15) is 17.6 Å². The van der Waals surface area contributed by atoms with E-state index in [4.69, 9.17) is 0 Å². The van der Waals surface area contributed by atoms with Gasteiger partial charge in [0, 0.05) is 33.3 Å². The Morgan fingerprint density at radius 1 is 1.00 bits per heavy atom. The lowest BCUT2D eigenvalue weighted by Crippen LogP contribution is -2.37. The molecule has 0 bridgehead atoms. The zero-order valence-electron chi connectivity index (χ0n) is 14.9. The minimum absolute atomic E-state index is 0.253. The molecule has 0 atom stereocenters. The van der Waals surface area contributed by atoms with Crippen molar-refractivity contribution in [2.24, 2.45) is 0 Å². The molecule has 0 aliphatic heterocycles. The monoisotopic (exact) mass is 379 g/mol. The van der Waals surface area contributed by atoms with E-state index >= 15 is 0 Å². The van der Waals surface area contributed by atoms with Crippen molar-refractivity contribution in [3.63, 3.8) is 0 Å². The van der Waals surface area contributed by atoms with Gasteiger partial charge < -0.3 is 5.32 Å². The first kappa shape index (κ1) is 19.9. The van der Waals surface area contributed by atoms with E-state index in [1.807, 2.05) is 0 Å². The summed E-state index contributed by atoms with van der Waals surface area (Å²) in [6, 6.07) is 12.4. The molecule has 140 valence electrons. The standard InChI is InChI=1S/C18H22FN3O3S/c1-21(2)26(24,25)22(3)17-10-6-15(7-11-17)18(23)20-13-12-14-4-8-16(19)9-5-14/h4-11H,12-13H2,1-3H3,(H,20,23). The van der Waals surface area contributed by atoms with Crippen molar-refractivity contribution in [2.75, 3.05) is 32.0 Å². The van der Waals surface area contributed by atoms with Gasteiger partial charge in [-0.2, -0.15) is 12.7 Å². The van der Waals surface area contributed by atoms with Crippen LogP contribution in [0.5, 0.6) is 0 Å². The highest BCUT2D eigenvalue weighted by atomic mass is 32.2. The zero-order valence-corrected chi connectivity index (χ0v) is 15.8. The molecule has 1 amide bonds. The van der Waals surface area contributed by atoms with Gasteiger partial charge in [0.05, 0.1) is 5.69 Å². The summed E-state index contributed by atoms with van der Waals surface area (Å²) in [4.78, 5) is 12.2. The molecule has 0 heterocycles. The average molecular weight is 379 g/mol. The lowest BCUT2D eigenvalue weighted by atomic mass is 10.1. The fraction of sp³-hybridized carbons (Fsp3) is 0.278. The predicted molar refractivity (Wildman–Crippen MR) is 99.9 cm³/mol. The average Bonchev–Trinajstić information content (AvgIpc) is 2.62. The fourth-order valence-corrected chi connectivity index (χ4v) is 3.15. The largest absolute Gasteiger partial charge is 0.352 e. The van der Waals surface area contributed by atoms with E-state index in [0.29, 0.717) is 24.2 Å². The summed E-state index contributed by atoms with van der Waals surface area (Å²) in [5, 5.41) is 2.79. The summed E-state index contributed by atoms with van der Waals surface area (Å²) >= 11 is 0. The molecule has 26 heavy (non-hydrogen) atoms. The topological polar surface area (TPSA) is 69.7 Å². The van der Waals surface area contributed by atoms with Gasteiger partial charge >= 0.3 is 10.2 Å². The number of hydrogen-bond donors (Lipinski definition) is 1. The highest BCUT2D eigenvalue weighted by Crippen LogP contribution is 2.18. The van der Waals surface area contributed by atoms with Crippen LogP contribution in [-0.2, 0) is 16.6 Å². The molecule has 0 aromatic heterocycles. The second-order valence-electron chi connectivity index (χ2n) is 5.94. The van der Waals surface area contributed by atoms with Crippen LogP contribution in [0.25, 0.3) is 0 Å².